The van der Waals surface area contributed by atoms with Crippen LogP contribution in [0.4, 0.5) is 0 Å². The zero-order valence-electron chi connectivity index (χ0n) is 19.5. The van der Waals surface area contributed by atoms with Crippen LogP contribution in [0.3, 0.4) is 0 Å². The molecular weight excluding hydrogens is 443 g/mol. The largest absolute Gasteiger partial charge is 0.493 e. The summed E-state index contributed by atoms with van der Waals surface area (Å²) in [5.74, 6) is 3.14. The third-order valence-corrected chi connectivity index (χ3v) is 9.71. The van der Waals surface area contributed by atoms with E-state index in [9.17, 15) is 4.79 Å². The molecule has 0 saturated carbocycles. The first-order valence-corrected chi connectivity index (χ1v) is 12.8. The number of ketones is 1. The standard InChI is InChI=1S/C29H27O4P/c1-31-27-19-22(20-28(32-2)29(27)33-3)26(30)21-34(23-13-7-4-8-14-23,24-15-9-5-10-16-24)25-17-11-6-12-18-25/h4-21H,1-3H3. The maximum absolute atomic E-state index is 13.9. The van der Waals surface area contributed by atoms with Crippen molar-refractivity contribution in [2.45, 2.75) is 0 Å². The summed E-state index contributed by atoms with van der Waals surface area (Å²) in [6, 6.07) is 34.1. The summed E-state index contributed by atoms with van der Waals surface area (Å²) in [4.78, 5) is 13.9. The lowest BCUT2D eigenvalue weighted by Crippen LogP contribution is -2.28. The molecule has 4 nitrogen and oxygen atoms in total. The van der Waals surface area contributed by atoms with Crippen molar-refractivity contribution < 1.29 is 19.0 Å². The number of carbonyl (C=O) groups excluding carboxylic acids is 1. The molecular formula is C29H27O4P. The number of Topliss-reactive ketones (excluding diaryl/α,β-unsaturated/α-hetero) is 1. The highest BCUT2D eigenvalue weighted by Gasteiger charge is 2.27. The quantitative estimate of drug-likeness (QED) is 0.277. The summed E-state index contributed by atoms with van der Waals surface area (Å²) in [6.07, 6.45) is 0. The van der Waals surface area contributed by atoms with E-state index in [0.717, 1.165) is 15.9 Å². The molecule has 0 fully saturated rings. The Morgan fingerprint density at radius 2 is 1.00 bits per heavy atom. The summed E-state index contributed by atoms with van der Waals surface area (Å²) < 4.78 is 16.4. The van der Waals surface area contributed by atoms with Gasteiger partial charge in [-0.2, -0.15) is 0 Å². The molecule has 172 valence electrons. The van der Waals surface area contributed by atoms with Gasteiger partial charge in [-0.05, 0) is 40.7 Å². The number of hydrogen-bond acceptors (Lipinski definition) is 4. The van der Waals surface area contributed by atoms with Gasteiger partial charge in [0.2, 0.25) is 5.75 Å². The Balaban J connectivity index is 2.04. The molecule has 0 unspecified atom stereocenters. The molecule has 0 amide bonds. The molecule has 0 atom stereocenters. The molecule has 0 aliphatic rings. The second-order valence-electron chi connectivity index (χ2n) is 7.64. The second kappa shape index (κ2) is 10.5. The molecule has 4 aromatic rings. The maximum Gasteiger partial charge on any atom is 0.203 e. The van der Waals surface area contributed by atoms with Gasteiger partial charge in [0.05, 0.1) is 21.3 Å². The zero-order chi connectivity index (χ0) is 24.0. The van der Waals surface area contributed by atoms with Crippen LogP contribution in [0.1, 0.15) is 10.4 Å². The van der Waals surface area contributed by atoms with Gasteiger partial charge >= 0.3 is 0 Å². The minimum atomic E-state index is -2.43. The third-order valence-electron chi connectivity index (χ3n) is 5.75. The summed E-state index contributed by atoms with van der Waals surface area (Å²) in [5.41, 5.74) is 0.474. The molecule has 0 N–H and O–H groups in total. The molecule has 0 radical (unpaired) electrons. The monoisotopic (exact) mass is 470 g/mol. The van der Waals surface area contributed by atoms with Crippen molar-refractivity contribution in [2.75, 3.05) is 21.3 Å². The van der Waals surface area contributed by atoms with Crippen LogP contribution >= 0.6 is 6.89 Å². The molecule has 0 aliphatic carbocycles. The highest BCUT2D eigenvalue weighted by atomic mass is 31.2. The average molecular weight is 471 g/mol. The summed E-state index contributed by atoms with van der Waals surface area (Å²) >= 11 is 0. The maximum atomic E-state index is 13.9. The van der Waals surface area contributed by atoms with Gasteiger partial charge in [-0.15, -0.1) is 0 Å². The molecule has 5 heteroatoms. The van der Waals surface area contributed by atoms with Crippen molar-refractivity contribution in [2.24, 2.45) is 0 Å². The van der Waals surface area contributed by atoms with Crippen LogP contribution in [0.5, 0.6) is 17.2 Å². The van der Waals surface area contributed by atoms with Crippen LogP contribution < -0.4 is 30.1 Å². The first-order valence-electron chi connectivity index (χ1n) is 10.9. The number of carbonyl (C=O) groups is 1. The summed E-state index contributed by atoms with van der Waals surface area (Å²) in [6.45, 7) is -2.43. The van der Waals surface area contributed by atoms with Gasteiger partial charge in [0, 0.05) is 5.56 Å². The highest BCUT2D eigenvalue weighted by Crippen LogP contribution is 2.44. The van der Waals surface area contributed by atoms with Crippen molar-refractivity contribution in [1.82, 2.24) is 0 Å². The minimum absolute atomic E-state index is 0.107. The van der Waals surface area contributed by atoms with Crippen LogP contribution in [0.25, 0.3) is 0 Å². The first-order chi connectivity index (χ1) is 16.6. The Morgan fingerprint density at radius 1 is 0.618 bits per heavy atom. The second-order valence-corrected chi connectivity index (χ2v) is 10.9. The Kier molecular flexibility index (Phi) is 7.20. The smallest absolute Gasteiger partial charge is 0.203 e. The van der Waals surface area contributed by atoms with E-state index in [1.807, 2.05) is 60.4 Å². The molecule has 4 rings (SSSR count). The lowest BCUT2D eigenvalue weighted by atomic mass is 10.1. The number of ether oxygens (including phenoxy) is 3. The Morgan fingerprint density at radius 3 is 1.32 bits per heavy atom. The molecule has 0 aromatic heterocycles. The summed E-state index contributed by atoms with van der Waals surface area (Å²) in [7, 11) is 4.64. The van der Waals surface area contributed by atoms with Crippen LogP contribution in [-0.4, -0.2) is 32.9 Å². The SMILES string of the molecule is COc1cc(C(=O)C=P(c2ccccc2)(c2ccccc2)c2ccccc2)cc(OC)c1OC. The molecule has 0 heterocycles. The average Bonchev–Trinajstić information content (AvgIpc) is 2.92. The van der Waals surface area contributed by atoms with E-state index >= 15 is 0 Å². The predicted molar refractivity (Wildman–Crippen MR) is 142 cm³/mol. The molecule has 0 bridgehead atoms. The number of rotatable bonds is 8. The van der Waals surface area contributed by atoms with E-state index in [2.05, 4.69) is 36.4 Å². The van der Waals surface area contributed by atoms with Gasteiger partial charge in [-0.25, -0.2) is 0 Å². The Labute approximate surface area is 200 Å². The van der Waals surface area contributed by atoms with Gasteiger partial charge in [0.25, 0.3) is 0 Å². The van der Waals surface area contributed by atoms with E-state index in [1.165, 1.54) is 0 Å². The van der Waals surface area contributed by atoms with Crippen LogP contribution in [-0.2, 0) is 0 Å². The van der Waals surface area contributed by atoms with E-state index in [-0.39, 0.29) is 5.78 Å². The lowest BCUT2D eigenvalue weighted by molar-refractivity contribution is 0.107. The van der Waals surface area contributed by atoms with E-state index in [0.29, 0.717) is 22.8 Å². The van der Waals surface area contributed by atoms with E-state index in [4.69, 9.17) is 14.2 Å². The van der Waals surface area contributed by atoms with Gasteiger partial charge < -0.3 is 14.2 Å². The molecule has 34 heavy (non-hydrogen) atoms. The van der Waals surface area contributed by atoms with Crippen LogP contribution in [0, 0.1) is 0 Å². The zero-order valence-corrected chi connectivity index (χ0v) is 20.4. The number of hydrogen-bond donors (Lipinski definition) is 0. The van der Waals surface area contributed by atoms with E-state index < -0.39 is 6.89 Å². The van der Waals surface area contributed by atoms with Gasteiger partial charge in [-0.3, -0.25) is 4.79 Å². The van der Waals surface area contributed by atoms with Crippen molar-refractivity contribution in [3.8, 4) is 17.2 Å². The number of benzene rings is 4. The summed E-state index contributed by atoms with van der Waals surface area (Å²) in [5, 5.41) is 3.31. The molecule has 0 spiro atoms. The van der Waals surface area contributed by atoms with Crippen molar-refractivity contribution in [1.29, 1.82) is 0 Å². The molecule has 0 aliphatic heterocycles. The fourth-order valence-corrected chi connectivity index (χ4v) is 7.90. The van der Waals surface area contributed by atoms with Crippen LogP contribution in [0.15, 0.2) is 103 Å². The highest BCUT2D eigenvalue weighted by molar-refractivity contribution is 7.95. The van der Waals surface area contributed by atoms with Gasteiger partial charge in [0.15, 0.2) is 17.3 Å². The van der Waals surface area contributed by atoms with Gasteiger partial charge in [0.1, 0.15) is 0 Å². The van der Waals surface area contributed by atoms with Crippen molar-refractivity contribution >= 4 is 34.4 Å². The van der Waals surface area contributed by atoms with Crippen molar-refractivity contribution in [3.05, 3.63) is 109 Å². The topological polar surface area (TPSA) is 44.8 Å². The fraction of sp³-hybridized carbons (Fsp3) is 0.103. The Bertz CT molecular complexity index is 1190. The van der Waals surface area contributed by atoms with Crippen molar-refractivity contribution in [3.63, 3.8) is 0 Å². The van der Waals surface area contributed by atoms with Crippen LogP contribution in [0.2, 0.25) is 0 Å². The normalized spacial score (nSPS) is 10.9. The molecule has 0 saturated heterocycles. The lowest BCUT2D eigenvalue weighted by Gasteiger charge is -2.28. The number of methoxy groups -OCH3 is 3. The van der Waals surface area contributed by atoms with Gasteiger partial charge in [-0.1, -0.05) is 91.0 Å². The fourth-order valence-electron chi connectivity index (χ4n) is 4.13. The van der Waals surface area contributed by atoms with E-state index in [1.54, 1.807) is 33.5 Å². The Hall–Kier alpha value is -3.75. The minimum Gasteiger partial charge on any atom is -0.493 e. The molecule has 4 aromatic carbocycles. The third kappa shape index (κ3) is 4.37. The first kappa shape index (κ1) is 23.4. The predicted octanol–water partition coefficient (Wildman–Crippen LogP) is 4.69.